The van der Waals surface area contributed by atoms with Crippen molar-refractivity contribution in [2.75, 3.05) is 0 Å². The molecule has 0 amide bonds. The van der Waals surface area contributed by atoms with Gasteiger partial charge in [-0.1, -0.05) is 59.1 Å². The molecule has 0 radical (unpaired) electrons. The molecule has 0 aromatic heterocycles. The molecule has 0 N–H and O–H groups in total. The minimum Gasteiger partial charge on any atom is -0.113 e. The van der Waals surface area contributed by atoms with Crippen molar-refractivity contribution < 1.29 is 0 Å². The number of hydrogen-bond donors (Lipinski definition) is 0. The zero-order valence-electron chi connectivity index (χ0n) is 8.05. The topological polar surface area (TPSA) is 0 Å². The van der Waals surface area contributed by atoms with E-state index in [9.17, 15) is 0 Å². The van der Waals surface area contributed by atoms with E-state index in [0.717, 1.165) is 6.42 Å². The van der Waals surface area contributed by atoms with Crippen LogP contribution in [0.1, 0.15) is 31.2 Å². The van der Waals surface area contributed by atoms with Crippen LogP contribution in [0.25, 0.3) is 0 Å². The summed E-state index contributed by atoms with van der Waals surface area (Å²) in [7, 11) is 0. The molecule has 0 bridgehead atoms. The Morgan fingerprint density at radius 2 is 1.93 bits per heavy atom. The summed E-state index contributed by atoms with van der Waals surface area (Å²) in [5, 5.41) is 0. The van der Waals surface area contributed by atoms with Crippen LogP contribution in [0.15, 0.2) is 30.3 Å². The third-order valence-corrected chi connectivity index (χ3v) is 5.17. The predicted octanol–water partition coefficient (Wildman–Crippen LogP) is 4.46. The van der Waals surface area contributed by atoms with Gasteiger partial charge in [-0.25, -0.2) is 0 Å². The molecule has 14 heavy (non-hydrogen) atoms. The smallest absolute Gasteiger partial charge is 0.0819 e. The summed E-state index contributed by atoms with van der Waals surface area (Å²) in [5.41, 5.74) is 1.25. The Hall–Kier alpha value is -0.0100. The van der Waals surface area contributed by atoms with Gasteiger partial charge in [0.15, 0.2) is 0 Å². The van der Waals surface area contributed by atoms with E-state index in [1.54, 1.807) is 0 Å². The summed E-state index contributed by atoms with van der Waals surface area (Å²) >= 11 is 10.4. The normalized spacial score (nSPS) is 32.9. The summed E-state index contributed by atoms with van der Waals surface area (Å²) in [6, 6.07) is 10.4. The first-order valence-electron chi connectivity index (χ1n) is 5.12. The van der Waals surface area contributed by atoms with E-state index in [1.165, 1.54) is 24.8 Å². The highest BCUT2D eigenvalue weighted by Gasteiger charge is 2.38. The van der Waals surface area contributed by atoms with Crippen molar-refractivity contribution >= 4 is 27.5 Å². The van der Waals surface area contributed by atoms with Crippen molar-refractivity contribution in [1.29, 1.82) is 0 Å². The number of benzene rings is 1. The first kappa shape index (κ1) is 10.5. The quantitative estimate of drug-likeness (QED) is 0.663. The van der Waals surface area contributed by atoms with Gasteiger partial charge in [-0.3, -0.25) is 0 Å². The molecule has 0 spiro atoms. The second-order valence-corrected chi connectivity index (χ2v) is 5.72. The van der Waals surface area contributed by atoms with Crippen LogP contribution < -0.4 is 0 Å². The number of alkyl halides is 2. The van der Waals surface area contributed by atoms with E-state index in [-0.39, 0.29) is 4.87 Å². The maximum Gasteiger partial charge on any atom is 0.0819 e. The minimum atomic E-state index is -0.181. The molecule has 1 aromatic carbocycles. The molecule has 1 fully saturated rings. The van der Waals surface area contributed by atoms with Crippen molar-refractivity contribution in [3.8, 4) is 0 Å². The molecule has 76 valence electrons. The van der Waals surface area contributed by atoms with Gasteiger partial charge in [0.05, 0.1) is 4.87 Å². The molecule has 1 aliphatic carbocycles. The fourth-order valence-electron chi connectivity index (χ4n) is 2.13. The van der Waals surface area contributed by atoms with Crippen LogP contribution in [0.5, 0.6) is 0 Å². The van der Waals surface area contributed by atoms with Gasteiger partial charge in [-0.2, -0.15) is 0 Å². The van der Waals surface area contributed by atoms with Crippen LogP contribution in [-0.2, 0) is 4.87 Å². The van der Waals surface area contributed by atoms with Crippen LogP contribution in [-0.4, -0.2) is 4.83 Å². The Labute approximate surface area is 98.8 Å². The monoisotopic (exact) mass is 272 g/mol. The zero-order valence-corrected chi connectivity index (χ0v) is 10.4. The molecule has 0 aliphatic heterocycles. The van der Waals surface area contributed by atoms with E-state index in [0.29, 0.717) is 4.83 Å². The Bertz CT molecular complexity index is 298. The van der Waals surface area contributed by atoms with Crippen LogP contribution in [0.4, 0.5) is 0 Å². The van der Waals surface area contributed by atoms with Gasteiger partial charge in [-0.05, 0) is 18.4 Å². The molecule has 1 aromatic rings. The van der Waals surface area contributed by atoms with E-state index >= 15 is 0 Å². The Balaban J connectivity index is 2.30. The first-order valence-corrected chi connectivity index (χ1v) is 6.41. The average Bonchev–Trinajstić information content (AvgIpc) is 2.24. The van der Waals surface area contributed by atoms with Crippen LogP contribution in [0, 0.1) is 0 Å². The summed E-state index contributed by atoms with van der Waals surface area (Å²) in [6.45, 7) is 0. The maximum atomic E-state index is 6.70. The van der Waals surface area contributed by atoms with Crippen molar-refractivity contribution in [3.05, 3.63) is 35.9 Å². The average molecular weight is 274 g/mol. The van der Waals surface area contributed by atoms with Gasteiger partial charge in [-0.15, -0.1) is 11.6 Å². The Morgan fingerprint density at radius 1 is 1.21 bits per heavy atom. The lowest BCUT2D eigenvalue weighted by molar-refractivity contribution is 0.416. The first-order chi connectivity index (χ1) is 6.73. The Kier molecular flexibility index (Phi) is 3.18. The van der Waals surface area contributed by atoms with Gasteiger partial charge in [0.25, 0.3) is 0 Å². The number of halogens is 2. The molecule has 1 saturated carbocycles. The molecule has 0 saturated heterocycles. The fourth-order valence-corrected chi connectivity index (χ4v) is 3.32. The van der Waals surface area contributed by atoms with E-state index in [4.69, 9.17) is 11.6 Å². The van der Waals surface area contributed by atoms with E-state index in [2.05, 4.69) is 40.2 Å². The molecule has 2 rings (SSSR count). The highest BCUT2D eigenvalue weighted by atomic mass is 79.9. The zero-order chi connectivity index (χ0) is 10.0. The predicted molar refractivity (Wildman–Crippen MR) is 65.2 cm³/mol. The van der Waals surface area contributed by atoms with Crippen molar-refractivity contribution in [1.82, 2.24) is 0 Å². The molecule has 2 atom stereocenters. The van der Waals surface area contributed by atoms with Gasteiger partial charge >= 0.3 is 0 Å². The lowest BCUT2D eigenvalue weighted by Gasteiger charge is -2.36. The second-order valence-electron chi connectivity index (χ2n) is 3.94. The number of hydrogen-bond acceptors (Lipinski definition) is 0. The summed E-state index contributed by atoms with van der Waals surface area (Å²) < 4.78 is 0. The van der Waals surface area contributed by atoms with Crippen LogP contribution in [0.3, 0.4) is 0 Å². The Morgan fingerprint density at radius 3 is 2.57 bits per heavy atom. The van der Waals surface area contributed by atoms with Crippen molar-refractivity contribution in [3.63, 3.8) is 0 Å². The second kappa shape index (κ2) is 4.24. The largest absolute Gasteiger partial charge is 0.113 e. The van der Waals surface area contributed by atoms with Gasteiger partial charge < -0.3 is 0 Å². The standard InChI is InChI=1S/C12H14BrCl/c13-11-8-4-5-9-12(11,14)10-6-2-1-3-7-10/h1-3,6-7,11H,4-5,8-9H2. The maximum absolute atomic E-state index is 6.70. The molecule has 2 unspecified atom stereocenters. The fraction of sp³-hybridized carbons (Fsp3) is 0.500. The third-order valence-electron chi connectivity index (χ3n) is 3.00. The molecular weight excluding hydrogens is 259 g/mol. The summed E-state index contributed by atoms with van der Waals surface area (Å²) in [6.07, 6.45) is 4.78. The molecule has 2 heteroatoms. The highest BCUT2D eigenvalue weighted by Crippen LogP contribution is 2.46. The lowest BCUT2D eigenvalue weighted by atomic mass is 9.83. The van der Waals surface area contributed by atoms with E-state index < -0.39 is 0 Å². The van der Waals surface area contributed by atoms with Gasteiger partial charge in [0.1, 0.15) is 0 Å². The molecule has 0 nitrogen and oxygen atoms in total. The van der Waals surface area contributed by atoms with Gasteiger partial charge in [0, 0.05) is 4.83 Å². The summed E-state index contributed by atoms with van der Waals surface area (Å²) in [5.74, 6) is 0. The molecule has 1 aliphatic rings. The third kappa shape index (κ3) is 1.85. The molecular formula is C12H14BrCl. The van der Waals surface area contributed by atoms with E-state index in [1.807, 2.05) is 6.07 Å². The molecule has 0 heterocycles. The van der Waals surface area contributed by atoms with Crippen molar-refractivity contribution in [2.24, 2.45) is 0 Å². The lowest BCUT2D eigenvalue weighted by Crippen LogP contribution is -2.33. The highest BCUT2D eigenvalue weighted by molar-refractivity contribution is 9.09. The van der Waals surface area contributed by atoms with Crippen LogP contribution >= 0.6 is 27.5 Å². The van der Waals surface area contributed by atoms with Crippen LogP contribution in [0.2, 0.25) is 0 Å². The summed E-state index contributed by atoms with van der Waals surface area (Å²) in [4.78, 5) is 0.229. The minimum absolute atomic E-state index is 0.181. The SMILES string of the molecule is ClC1(c2ccccc2)CCCCC1Br. The van der Waals surface area contributed by atoms with Gasteiger partial charge in [0.2, 0.25) is 0 Å². The number of rotatable bonds is 1. The van der Waals surface area contributed by atoms with Crippen molar-refractivity contribution in [2.45, 2.75) is 35.4 Å².